The summed E-state index contributed by atoms with van der Waals surface area (Å²) in [5.41, 5.74) is -3.02. The minimum absolute atomic E-state index is 0.0270. The highest BCUT2D eigenvalue weighted by atomic mass is 32.3. The van der Waals surface area contributed by atoms with Crippen LogP contribution in [0.25, 0.3) is 33.4 Å². The molecule has 0 radical (unpaired) electrons. The van der Waals surface area contributed by atoms with Crippen LogP contribution in [-0.4, -0.2) is 148 Å². The smallest absolute Gasteiger partial charge is 0.479 e. The third-order valence-electron chi connectivity index (χ3n) is 13.9. The van der Waals surface area contributed by atoms with Crippen LogP contribution in [0, 0.1) is 16.6 Å². The molecule has 1 saturated heterocycles. The van der Waals surface area contributed by atoms with Crippen molar-refractivity contribution in [2.45, 2.75) is 90.5 Å². The van der Waals surface area contributed by atoms with Gasteiger partial charge >= 0.3 is 22.3 Å². The predicted octanol–water partition coefficient (Wildman–Crippen LogP) is 1.29. The van der Waals surface area contributed by atoms with Gasteiger partial charge < -0.3 is 72.5 Å². The number of hydrogen-bond donors (Lipinski definition) is 7. The summed E-state index contributed by atoms with van der Waals surface area (Å²) in [4.78, 5) is 94.1. The largest absolute Gasteiger partial charge is 0.501 e. The summed E-state index contributed by atoms with van der Waals surface area (Å²) in [7, 11) is -5.53. The molecule has 2 aromatic carbocycles. The van der Waals surface area contributed by atoms with Gasteiger partial charge in [-0.1, -0.05) is 34.6 Å². The summed E-state index contributed by atoms with van der Waals surface area (Å²) < 4.78 is 83.6. The molecule has 5 aromatic rings. The molecule has 1 fully saturated rings. The molecule has 7 heterocycles. The molecule has 7 N–H and O–H groups in total. The summed E-state index contributed by atoms with van der Waals surface area (Å²) in [6, 6.07) is 7.80. The van der Waals surface area contributed by atoms with Gasteiger partial charge in [-0.15, -0.1) is 8.42 Å². The Labute approximate surface area is 458 Å². The number of carboxylic acids is 1. The highest BCUT2D eigenvalue weighted by molar-refractivity contribution is 7.82. The number of esters is 1. The number of fused-ring (bicyclic) bond motifs is 5. The number of aromatic nitrogens is 2. The van der Waals surface area contributed by atoms with Crippen molar-refractivity contribution in [1.29, 1.82) is 0 Å². The maximum Gasteiger partial charge on any atom is 0.501 e. The van der Waals surface area contributed by atoms with E-state index in [2.05, 4.69) is 15.6 Å². The first-order valence-corrected chi connectivity index (χ1v) is 26.3. The minimum atomic E-state index is -5.53. The lowest BCUT2D eigenvalue weighted by atomic mass is 9.86. The second kappa shape index (κ2) is 21.7. The normalized spacial score (nSPS) is 21.5. The van der Waals surface area contributed by atoms with Gasteiger partial charge in [0, 0.05) is 75.3 Å². The number of aliphatic hydroxyl groups is 4. The van der Waals surface area contributed by atoms with Crippen LogP contribution in [0.2, 0.25) is 0 Å². The van der Waals surface area contributed by atoms with Gasteiger partial charge in [0.15, 0.2) is 34.8 Å². The number of furan rings is 1. The number of benzene rings is 2. The Morgan fingerprint density at radius 2 is 1.56 bits per heavy atom. The van der Waals surface area contributed by atoms with Gasteiger partial charge in [0.25, 0.3) is 23.3 Å². The lowest BCUT2D eigenvalue weighted by Gasteiger charge is -2.38. The molecule has 28 heteroatoms. The van der Waals surface area contributed by atoms with Gasteiger partial charge in [-0.25, -0.2) is 19.0 Å². The van der Waals surface area contributed by atoms with Gasteiger partial charge in [-0.05, 0) is 42.8 Å². The number of nitrogens with zero attached hydrogens (tertiary/aromatic N) is 3. The van der Waals surface area contributed by atoms with E-state index in [1.165, 1.54) is 23.2 Å². The molecule has 4 aliphatic heterocycles. The number of carbonyl (C=O) groups is 6. The summed E-state index contributed by atoms with van der Waals surface area (Å²) in [6.07, 6.45) is -6.03. The van der Waals surface area contributed by atoms with Crippen LogP contribution in [0.1, 0.15) is 68.1 Å². The van der Waals surface area contributed by atoms with E-state index in [1.54, 1.807) is 40.7 Å². The quantitative estimate of drug-likeness (QED) is 0.0418. The summed E-state index contributed by atoms with van der Waals surface area (Å²) in [5.74, 6) is -9.07. The fraction of sp³-hybridized carbons (Fsp3) is 0.396. The molecule has 4 aliphatic rings. The molecule has 430 valence electrons. The standard InChI is InChI=1S/C53H54FN5O21S/c1-6-53(71)30-15-33-41-28(17-58(33)47(67)29(30)20-76-50(53)70)40(26-11-12-74-19-26)27-14-35(31(54)16-32(27)57-41)79-81(72,73)80-36-13-25(7-8-34(36)77-49-44(65)42(63)43(64)45(78-49)48(68)69)46(66)56-22-52(4,5)24-75-23-51(2,3)21-55-37(60)18-59-38(61)9-10-39(59)62/h7-16,19,42-45,49,63-65,71H,6,17-18,20-24H2,1-5H3,(H,55,60)(H,56,66)(H,68,69)/t42-,43-,44?,45-,49+,53-/m0/s1. The molecule has 0 spiro atoms. The van der Waals surface area contributed by atoms with Gasteiger partial charge in [-0.2, -0.15) is 0 Å². The van der Waals surface area contributed by atoms with E-state index in [-0.39, 0.29) is 78.2 Å². The van der Waals surface area contributed by atoms with Crippen LogP contribution >= 0.6 is 0 Å². The zero-order valence-corrected chi connectivity index (χ0v) is 44.6. The van der Waals surface area contributed by atoms with Crippen molar-refractivity contribution in [2.24, 2.45) is 10.8 Å². The van der Waals surface area contributed by atoms with Crippen molar-refractivity contribution in [2.75, 3.05) is 32.8 Å². The van der Waals surface area contributed by atoms with Crippen molar-refractivity contribution in [1.82, 2.24) is 25.1 Å². The summed E-state index contributed by atoms with van der Waals surface area (Å²) >= 11 is 0. The van der Waals surface area contributed by atoms with Crippen molar-refractivity contribution >= 4 is 56.9 Å². The fourth-order valence-corrected chi connectivity index (χ4v) is 10.2. The monoisotopic (exact) mass is 1150 g/mol. The molecule has 81 heavy (non-hydrogen) atoms. The third-order valence-corrected chi connectivity index (χ3v) is 14.6. The van der Waals surface area contributed by atoms with E-state index in [0.29, 0.717) is 16.7 Å². The average Bonchev–Trinajstić information content (AvgIpc) is 2.60. The number of halogens is 1. The Bertz CT molecular complexity index is 3600. The zero-order valence-electron chi connectivity index (χ0n) is 43.8. The Morgan fingerprint density at radius 1 is 0.877 bits per heavy atom. The van der Waals surface area contributed by atoms with E-state index in [1.807, 2.05) is 0 Å². The molecule has 0 bridgehead atoms. The number of carboxylic acid groups (broad SMARTS) is 1. The van der Waals surface area contributed by atoms with Crippen LogP contribution in [-0.2, 0) is 67.3 Å². The average molecular weight is 1150 g/mol. The first-order valence-electron chi connectivity index (χ1n) is 25.0. The number of aliphatic carboxylic acids is 1. The van der Waals surface area contributed by atoms with Crippen LogP contribution in [0.3, 0.4) is 0 Å². The molecular weight excluding hydrogens is 1090 g/mol. The highest BCUT2D eigenvalue weighted by Crippen LogP contribution is 2.45. The van der Waals surface area contributed by atoms with Gasteiger partial charge in [-0.3, -0.25) is 28.9 Å². The Morgan fingerprint density at radius 3 is 2.21 bits per heavy atom. The number of nitrogens with one attached hydrogen (secondary N) is 2. The van der Waals surface area contributed by atoms with Gasteiger partial charge in [0.2, 0.25) is 12.2 Å². The number of ether oxygens (including phenoxy) is 4. The van der Waals surface area contributed by atoms with Crippen LogP contribution in [0.15, 0.2) is 76.4 Å². The number of carbonyl (C=O) groups excluding carboxylic acids is 5. The molecule has 0 saturated carbocycles. The Hall–Kier alpha value is -8.12. The van der Waals surface area contributed by atoms with E-state index in [9.17, 15) is 67.5 Å². The first kappa shape index (κ1) is 57.6. The number of amides is 4. The van der Waals surface area contributed by atoms with E-state index < -0.39 is 135 Å². The Balaban J connectivity index is 0.960. The Kier molecular flexibility index (Phi) is 15.5. The molecule has 26 nitrogen and oxygen atoms in total. The molecule has 0 aliphatic carbocycles. The van der Waals surface area contributed by atoms with Crippen LogP contribution in [0.5, 0.6) is 17.2 Å². The molecule has 4 amide bonds. The van der Waals surface area contributed by atoms with E-state index in [4.69, 9.17) is 31.7 Å². The van der Waals surface area contributed by atoms with Crippen molar-refractivity contribution in [3.05, 3.63) is 106 Å². The second-order valence-corrected chi connectivity index (χ2v) is 22.3. The van der Waals surface area contributed by atoms with E-state index in [0.717, 1.165) is 47.4 Å². The van der Waals surface area contributed by atoms with Crippen molar-refractivity contribution in [3.63, 3.8) is 0 Å². The maximum absolute atomic E-state index is 16.3. The minimum Gasteiger partial charge on any atom is -0.479 e. The molecule has 3 aromatic heterocycles. The van der Waals surface area contributed by atoms with Crippen molar-refractivity contribution < 1.29 is 98.8 Å². The van der Waals surface area contributed by atoms with Crippen molar-refractivity contribution in [3.8, 4) is 39.8 Å². The summed E-state index contributed by atoms with van der Waals surface area (Å²) in [6.45, 7) is 7.92. The number of pyridine rings is 2. The molecule has 1 unspecified atom stereocenters. The highest BCUT2D eigenvalue weighted by Gasteiger charge is 2.49. The number of rotatable bonds is 20. The zero-order chi connectivity index (χ0) is 58.7. The lowest BCUT2D eigenvalue weighted by Crippen LogP contribution is -2.61. The van der Waals surface area contributed by atoms with Crippen LogP contribution < -0.4 is 29.3 Å². The fourth-order valence-electron chi connectivity index (χ4n) is 9.46. The van der Waals surface area contributed by atoms with Crippen LogP contribution in [0.4, 0.5) is 4.39 Å². The molecule has 9 rings (SSSR count). The summed E-state index contributed by atoms with van der Waals surface area (Å²) in [5, 5.41) is 58.0. The lowest BCUT2D eigenvalue weighted by molar-refractivity contribution is -0.271. The number of imide groups is 1. The number of aliphatic hydroxyl groups excluding tert-OH is 3. The molecular formula is C53H54FN5O21S. The topological polar surface area (TPSA) is 368 Å². The third kappa shape index (κ3) is 11.5. The second-order valence-electron chi connectivity index (χ2n) is 21.2. The number of cyclic esters (lactones) is 1. The predicted molar refractivity (Wildman–Crippen MR) is 273 cm³/mol. The SMILES string of the molecule is CC[C@@]1(O)C(=O)OCc2c1cc1n(c2=O)Cc2c-1nc1cc(F)c(OS(=O)(=O)Oc3cc(C(=O)NCC(C)(C)COCC(C)(C)CNC(=O)CN4C(=O)C=CC4=O)ccc3O[C@@H]3O[C@H](C(=O)O)[C@@H](O)[C@H](O)C3O)cc1c2-c1ccoc1. The maximum atomic E-state index is 16.3. The van der Waals surface area contributed by atoms with Gasteiger partial charge in [0.05, 0.1) is 54.8 Å². The van der Waals surface area contributed by atoms with E-state index >= 15 is 4.39 Å². The van der Waals surface area contributed by atoms with Gasteiger partial charge in [0.1, 0.15) is 31.5 Å². The molecule has 6 atom stereocenters. The first-order chi connectivity index (χ1) is 38.1. The number of hydrogen-bond acceptors (Lipinski definition) is 21.